The second kappa shape index (κ2) is 5.13. The molecule has 0 aliphatic heterocycles. The highest BCUT2D eigenvalue weighted by Gasteiger charge is 2.19. The highest BCUT2D eigenvalue weighted by molar-refractivity contribution is 7.98. The Hall–Kier alpha value is -1.69. The fraction of sp³-hybridized carbons (Fsp3) is 0.385. The highest BCUT2D eigenvalue weighted by Crippen LogP contribution is 2.24. The molecule has 0 fully saturated rings. The van der Waals surface area contributed by atoms with Gasteiger partial charge in [-0.25, -0.2) is 9.97 Å². The van der Waals surface area contributed by atoms with E-state index in [4.69, 9.17) is 4.52 Å². The van der Waals surface area contributed by atoms with Crippen LogP contribution in [0.3, 0.4) is 0 Å². The van der Waals surface area contributed by atoms with Crippen molar-refractivity contribution in [2.24, 2.45) is 0 Å². The van der Waals surface area contributed by atoms with Crippen LogP contribution in [0.1, 0.15) is 40.2 Å². The van der Waals surface area contributed by atoms with Gasteiger partial charge in [0.05, 0.1) is 17.5 Å². The Morgan fingerprint density at radius 3 is 3.05 bits per heavy atom. The van der Waals surface area contributed by atoms with Gasteiger partial charge < -0.3 is 4.52 Å². The van der Waals surface area contributed by atoms with Crippen LogP contribution in [-0.2, 0) is 12.2 Å². The van der Waals surface area contributed by atoms with E-state index >= 15 is 0 Å². The molecule has 98 valence electrons. The molecule has 3 rings (SSSR count). The molecule has 0 N–H and O–H groups in total. The first-order valence-corrected chi connectivity index (χ1v) is 7.14. The van der Waals surface area contributed by atoms with Gasteiger partial charge in [0, 0.05) is 23.9 Å². The molecule has 0 bridgehead atoms. The van der Waals surface area contributed by atoms with E-state index < -0.39 is 0 Å². The minimum atomic E-state index is 0.160. The van der Waals surface area contributed by atoms with Crippen LogP contribution in [0.5, 0.6) is 0 Å². The predicted molar refractivity (Wildman–Crippen MR) is 70.1 cm³/mol. The van der Waals surface area contributed by atoms with Crippen molar-refractivity contribution in [3.05, 3.63) is 35.0 Å². The van der Waals surface area contributed by atoms with Crippen molar-refractivity contribution in [3.63, 3.8) is 0 Å². The molecule has 2 aromatic heterocycles. The lowest BCUT2D eigenvalue weighted by molar-refractivity contribution is 0.0970. The first-order valence-electron chi connectivity index (χ1n) is 6.16. The Morgan fingerprint density at radius 1 is 1.37 bits per heavy atom. The van der Waals surface area contributed by atoms with Gasteiger partial charge in [-0.2, -0.15) is 0 Å². The molecule has 5 nitrogen and oxygen atoms in total. The number of thioether (sulfide) groups is 1. The Bertz CT molecular complexity index is 624. The van der Waals surface area contributed by atoms with Crippen molar-refractivity contribution in [2.75, 3.05) is 0 Å². The van der Waals surface area contributed by atoms with Gasteiger partial charge >= 0.3 is 0 Å². The molecule has 0 atom stereocenters. The lowest BCUT2D eigenvalue weighted by atomic mass is 9.96. The summed E-state index contributed by atoms with van der Waals surface area (Å²) >= 11 is 1.53. The van der Waals surface area contributed by atoms with E-state index in [9.17, 15) is 4.79 Å². The summed E-state index contributed by atoms with van der Waals surface area (Å²) in [5.74, 6) is 1.70. The Kier molecular flexibility index (Phi) is 3.33. The number of fused-ring (bicyclic) bond motifs is 1. The minimum Gasteiger partial charge on any atom is -0.361 e. The van der Waals surface area contributed by atoms with Gasteiger partial charge in [0.15, 0.2) is 10.9 Å². The monoisotopic (exact) mass is 275 g/mol. The van der Waals surface area contributed by atoms with Crippen molar-refractivity contribution in [1.82, 2.24) is 15.1 Å². The van der Waals surface area contributed by atoms with Crippen molar-refractivity contribution >= 4 is 17.5 Å². The molecule has 2 heterocycles. The number of aromatic nitrogens is 3. The Balaban J connectivity index is 1.76. The standard InChI is InChI=1S/C13H13N3O2S/c1-8-9(5-15-18-8)7-19-13-14-6-10-11(16-13)3-2-4-12(10)17/h5-6H,2-4,7H2,1H3. The Labute approximate surface area is 114 Å². The van der Waals surface area contributed by atoms with Crippen LogP contribution < -0.4 is 0 Å². The van der Waals surface area contributed by atoms with E-state index in [0.717, 1.165) is 35.6 Å². The van der Waals surface area contributed by atoms with Gasteiger partial charge in [0.25, 0.3) is 0 Å². The summed E-state index contributed by atoms with van der Waals surface area (Å²) in [6.07, 6.45) is 5.74. The van der Waals surface area contributed by atoms with Crippen molar-refractivity contribution < 1.29 is 9.32 Å². The van der Waals surface area contributed by atoms with E-state index in [1.807, 2.05) is 6.92 Å². The molecular formula is C13H13N3O2S. The van der Waals surface area contributed by atoms with Crippen molar-refractivity contribution in [1.29, 1.82) is 0 Å². The summed E-state index contributed by atoms with van der Waals surface area (Å²) in [6, 6.07) is 0. The number of carbonyl (C=O) groups is 1. The largest absolute Gasteiger partial charge is 0.361 e. The summed E-state index contributed by atoms with van der Waals surface area (Å²) in [5.41, 5.74) is 2.62. The fourth-order valence-corrected chi connectivity index (χ4v) is 2.91. The molecule has 0 aromatic carbocycles. The molecule has 1 aliphatic rings. The third-order valence-corrected chi connectivity index (χ3v) is 4.08. The second-order valence-corrected chi connectivity index (χ2v) is 5.43. The quantitative estimate of drug-likeness (QED) is 0.633. The number of hydrogen-bond acceptors (Lipinski definition) is 6. The summed E-state index contributed by atoms with van der Waals surface area (Å²) < 4.78 is 5.01. The smallest absolute Gasteiger partial charge is 0.188 e. The molecule has 0 spiro atoms. The molecule has 1 aliphatic carbocycles. The van der Waals surface area contributed by atoms with E-state index in [1.165, 1.54) is 11.8 Å². The van der Waals surface area contributed by atoms with Crippen LogP contribution in [0.15, 0.2) is 22.1 Å². The lowest BCUT2D eigenvalue weighted by Crippen LogP contribution is -2.13. The van der Waals surface area contributed by atoms with Gasteiger partial charge in [0.1, 0.15) is 5.76 Å². The third kappa shape index (κ3) is 2.53. The average molecular weight is 275 g/mol. The second-order valence-electron chi connectivity index (χ2n) is 4.49. The number of ketones is 1. The van der Waals surface area contributed by atoms with Gasteiger partial charge in [-0.05, 0) is 19.8 Å². The number of nitrogens with zero attached hydrogens (tertiary/aromatic N) is 3. The number of hydrogen-bond donors (Lipinski definition) is 0. The lowest BCUT2D eigenvalue weighted by Gasteiger charge is -2.13. The van der Waals surface area contributed by atoms with Gasteiger partial charge in [0.2, 0.25) is 0 Å². The van der Waals surface area contributed by atoms with E-state index in [-0.39, 0.29) is 5.78 Å². The fourth-order valence-electron chi connectivity index (χ4n) is 2.04. The molecule has 0 saturated carbocycles. The van der Waals surface area contributed by atoms with Gasteiger partial charge in [-0.15, -0.1) is 0 Å². The molecule has 0 unspecified atom stereocenters. The van der Waals surface area contributed by atoms with Crippen molar-refractivity contribution in [3.8, 4) is 0 Å². The maximum absolute atomic E-state index is 11.7. The first-order chi connectivity index (χ1) is 9.24. The molecule has 0 radical (unpaired) electrons. The number of Topliss-reactive ketones (excluding diaryl/α,β-unsaturated/α-hetero) is 1. The van der Waals surface area contributed by atoms with Gasteiger partial charge in [-0.1, -0.05) is 16.9 Å². The van der Waals surface area contributed by atoms with Crippen LogP contribution in [-0.4, -0.2) is 20.9 Å². The average Bonchev–Trinajstić information content (AvgIpc) is 2.82. The summed E-state index contributed by atoms with van der Waals surface area (Å²) in [4.78, 5) is 20.4. The normalized spacial score (nSPS) is 14.5. The van der Waals surface area contributed by atoms with Crippen LogP contribution in [0.2, 0.25) is 0 Å². The third-order valence-electron chi connectivity index (χ3n) is 3.17. The molecule has 2 aromatic rings. The summed E-state index contributed by atoms with van der Waals surface area (Å²) in [5, 5.41) is 4.44. The maximum Gasteiger partial charge on any atom is 0.188 e. The van der Waals surface area contributed by atoms with Crippen LogP contribution in [0.4, 0.5) is 0 Å². The zero-order chi connectivity index (χ0) is 13.2. The first kappa shape index (κ1) is 12.3. The van der Waals surface area contributed by atoms with Crippen LogP contribution in [0.25, 0.3) is 0 Å². The number of carbonyl (C=O) groups excluding carboxylic acids is 1. The molecule has 0 saturated heterocycles. The number of rotatable bonds is 3. The highest BCUT2D eigenvalue weighted by atomic mass is 32.2. The zero-order valence-corrected chi connectivity index (χ0v) is 11.4. The van der Waals surface area contributed by atoms with Crippen LogP contribution in [0, 0.1) is 6.92 Å². The predicted octanol–water partition coefficient (Wildman–Crippen LogP) is 2.58. The molecular weight excluding hydrogens is 262 g/mol. The summed E-state index contributed by atoms with van der Waals surface area (Å²) in [7, 11) is 0. The topological polar surface area (TPSA) is 68.9 Å². The SMILES string of the molecule is Cc1oncc1CSc1ncc2c(n1)CCCC2=O. The minimum absolute atomic E-state index is 0.160. The van der Waals surface area contributed by atoms with E-state index in [0.29, 0.717) is 17.1 Å². The summed E-state index contributed by atoms with van der Waals surface area (Å²) in [6.45, 7) is 1.88. The molecule has 19 heavy (non-hydrogen) atoms. The molecule has 0 amide bonds. The maximum atomic E-state index is 11.7. The van der Waals surface area contributed by atoms with Crippen LogP contribution >= 0.6 is 11.8 Å². The Morgan fingerprint density at radius 2 is 2.26 bits per heavy atom. The molecule has 6 heteroatoms. The van der Waals surface area contributed by atoms with Gasteiger partial charge in [-0.3, -0.25) is 4.79 Å². The van der Waals surface area contributed by atoms with E-state index in [1.54, 1.807) is 12.4 Å². The zero-order valence-electron chi connectivity index (χ0n) is 10.5. The van der Waals surface area contributed by atoms with Crippen molar-refractivity contribution in [2.45, 2.75) is 37.1 Å². The van der Waals surface area contributed by atoms with E-state index in [2.05, 4.69) is 15.1 Å². The number of aryl methyl sites for hydroxylation is 2.